The fourth-order valence-electron chi connectivity index (χ4n) is 3.87. The average molecular weight is 529 g/mol. The molecule has 0 bridgehead atoms. The van der Waals surface area contributed by atoms with E-state index in [1.807, 2.05) is 0 Å². The van der Waals surface area contributed by atoms with E-state index in [9.17, 15) is 37.1 Å². The zero-order valence-corrected chi connectivity index (χ0v) is 20.0. The van der Waals surface area contributed by atoms with Crippen LogP contribution in [-0.2, 0) is 35.1 Å². The highest BCUT2D eigenvalue weighted by Gasteiger charge is 2.51. The van der Waals surface area contributed by atoms with Crippen LogP contribution in [0.1, 0.15) is 40.3 Å². The molecule has 3 rings (SSSR count). The van der Waals surface area contributed by atoms with Gasteiger partial charge >= 0.3 is 23.8 Å². The Hall–Kier alpha value is -4.13. The lowest BCUT2D eigenvalue weighted by molar-refractivity contribution is -0.222. The Balaban J connectivity index is 2.17. The minimum Gasteiger partial charge on any atom is -0.458 e. The molecule has 0 unspecified atom stereocenters. The fraction of sp³-hybridized carbons (Fsp3) is 0.524. The van der Waals surface area contributed by atoms with Gasteiger partial charge in [-0.05, 0) is 13.8 Å². The van der Waals surface area contributed by atoms with Crippen LogP contribution in [0.15, 0.2) is 9.59 Å². The van der Waals surface area contributed by atoms with Gasteiger partial charge in [0.05, 0.1) is 6.54 Å². The number of aromatic amines is 1. The number of hydrogen-bond donors (Lipinski definition) is 2. The zero-order chi connectivity index (χ0) is 27.9. The second-order valence-corrected chi connectivity index (χ2v) is 8.60. The Morgan fingerprint density at radius 2 is 1.92 bits per heavy atom. The van der Waals surface area contributed by atoms with Crippen LogP contribution in [0.25, 0.3) is 11.2 Å². The third-order valence-electron chi connectivity index (χ3n) is 5.36. The number of carbonyl (C=O) groups is 3. The number of alkyl halides is 3. The predicted octanol–water partition coefficient (Wildman–Crippen LogP) is 0.581. The van der Waals surface area contributed by atoms with Crippen LogP contribution in [-0.4, -0.2) is 60.9 Å². The molecule has 0 aromatic carbocycles. The van der Waals surface area contributed by atoms with E-state index in [1.54, 1.807) is 0 Å². The van der Waals surface area contributed by atoms with Gasteiger partial charge in [-0.15, -0.1) is 6.42 Å². The van der Waals surface area contributed by atoms with Crippen molar-refractivity contribution >= 4 is 35.0 Å². The summed E-state index contributed by atoms with van der Waals surface area (Å²) in [5.41, 5.74) is -4.28. The van der Waals surface area contributed by atoms with Gasteiger partial charge in [-0.25, -0.2) is 14.2 Å². The molecule has 13 nitrogen and oxygen atoms in total. The standard InChI is InChI=1S/C21H22F3N5O8/c1-6-7-28-13-14(26-18(25-9(2)30)27-15(13)32)29(19(28)34)16-11(35-10(3)31)8-12(36-16)20(4,5)37-17(33)21(22,23)24/h1,11-12,16H,7-8H2,2-5H3,(H2,25,26,27,30,32)/t11-,12+,16-/m1/s1. The molecule has 16 heteroatoms. The zero-order valence-electron chi connectivity index (χ0n) is 20.0. The van der Waals surface area contributed by atoms with Gasteiger partial charge in [0.15, 0.2) is 17.4 Å². The maximum Gasteiger partial charge on any atom is 0.490 e. The molecular weight excluding hydrogens is 507 g/mol. The maximum absolute atomic E-state index is 13.3. The van der Waals surface area contributed by atoms with Gasteiger partial charge < -0.3 is 14.2 Å². The van der Waals surface area contributed by atoms with Crippen molar-refractivity contribution in [2.75, 3.05) is 5.32 Å². The highest BCUT2D eigenvalue weighted by molar-refractivity contribution is 5.87. The lowest BCUT2D eigenvalue weighted by Crippen LogP contribution is -2.44. The number of imidazole rings is 1. The summed E-state index contributed by atoms with van der Waals surface area (Å²) in [5.74, 6) is -1.98. The monoisotopic (exact) mass is 529 g/mol. The number of carbonyl (C=O) groups excluding carboxylic acids is 3. The summed E-state index contributed by atoms with van der Waals surface area (Å²) in [6, 6.07) is 0. The minimum atomic E-state index is -5.28. The van der Waals surface area contributed by atoms with Crippen molar-refractivity contribution in [3.05, 3.63) is 20.8 Å². The van der Waals surface area contributed by atoms with Crippen molar-refractivity contribution in [1.29, 1.82) is 0 Å². The number of esters is 2. The summed E-state index contributed by atoms with van der Waals surface area (Å²) in [5, 5.41) is 2.27. The number of H-pyrrole nitrogens is 1. The largest absolute Gasteiger partial charge is 0.490 e. The van der Waals surface area contributed by atoms with Crippen LogP contribution >= 0.6 is 0 Å². The van der Waals surface area contributed by atoms with E-state index >= 15 is 0 Å². The van der Waals surface area contributed by atoms with Crippen molar-refractivity contribution in [3.8, 4) is 12.3 Å². The normalized spacial score (nSPS) is 19.9. The van der Waals surface area contributed by atoms with Crippen LogP contribution < -0.4 is 16.6 Å². The molecule has 2 aromatic heterocycles. The molecule has 200 valence electrons. The minimum absolute atomic E-state index is 0.293. The van der Waals surface area contributed by atoms with E-state index < -0.39 is 59.3 Å². The Kier molecular flexibility index (Phi) is 7.22. The molecule has 0 spiro atoms. The van der Waals surface area contributed by atoms with E-state index in [0.29, 0.717) is 0 Å². The molecular formula is C21H22F3N5O8. The molecule has 2 aromatic rings. The lowest BCUT2D eigenvalue weighted by Gasteiger charge is -2.31. The average Bonchev–Trinajstić information content (AvgIpc) is 3.26. The fourth-order valence-corrected chi connectivity index (χ4v) is 3.87. The van der Waals surface area contributed by atoms with E-state index in [2.05, 4.69) is 25.9 Å². The van der Waals surface area contributed by atoms with Gasteiger partial charge in [0.1, 0.15) is 17.8 Å². The number of fused-ring (bicyclic) bond motifs is 1. The van der Waals surface area contributed by atoms with Gasteiger partial charge in [0, 0.05) is 20.3 Å². The molecule has 1 amide bonds. The number of halogens is 3. The summed E-state index contributed by atoms with van der Waals surface area (Å²) in [4.78, 5) is 67.2. The van der Waals surface area contributed by atoms with Crippen LogP contribution in [0.5, 0.6) is 0 Å². The number of nitrogens with zero attached hydrogens (tertiary/aromatic N) is 3. The Bertz CT molecular complexity index is 1410. The summed E-state index contributed by atoms with van der Waals surface area (Å²) in [6.07, 6.45) is -4.35. The SMILES string of the molecule is C#CCn1c(=O)n([C@@H]2O[C@H](C(C)(C)OC(=O)C(F)(F)F)C[C@H]2OC(C)=O)c2nc(NC(C)=O)[nH]c(=O)c21. The number of nitrogens with one attached hydrogen (secondary N) is 2. The number of ether oxygens (including phenoxy) is 3. The second-order valence-electron chi connectivity index (χ2n) is 8.60. The van der Waals surface area contributed by atoms with E-state index in [1.165, 1.54) is 0 Å². The van der Waals surface area contributed by atoms with Crippen molar-refractivity contribution in [1.82, 2.24) is 19.1 Å². The summed E-state index contributed by atoms with van der Waals surface area (Å²) in [7, 11) is 0. The predicted molar refractivity (Wildman–Crippen MR) is 118 cm³/mol. The quantitative estimate of drug-likeness (QED) is 0.402. The molecule has 3 heterocycles. The van der Waals surface area contributed by atoms with Gasteiger partial charge in [-0.1, -0.05) is 5.92 Å². The van der Waals surface area contributed by atoms with Gasteiger partial charge in [0.25, 0.3) is 5.56 Å². The van der Waals surface area contributed by atoms with Gasteiger partial charge in [-0.3, -0.25) is 29.3 Å². The maximum atomic E-state index is 13.3. The molecule has 0 radical (unpaired) electrons. The van der Waals surface area contributed by atoms with Gasteiger partial charge in [0.2, 0.25) is 11.9 Å². The number of hydrogen-bond acceptors (Lipinski definition) is 9. The Morgan fingerprint density at radius 1 is 1.27 bits per heavy atom. The van der Waals surface area contributed by atoms with Crippen molar-refractivity contribution in [3.63, 3.8) is 0 Å². The highest BCUT2D eigenvalue weighted by atomic mass is 19.4. The molecule has 1 aliphatic rings. The summed E-state index contributed by atoms with van der Waals surface area (Å²) < 4.78 is 55.8. The van der Waals surface area contributed by atoms with Crippen LogP contribution in [0.4, 0.5) is 19.1 Å². The number of rotatable bonds is 6. The van der Waals surface area contributed by atoms with E-state index in [0.717, 1.165) is 36.8 Å². The highest BCUT2D eigenvalue weighted by Crippen LogP contribution is 2.39. The smallest absolute Gasteiger partial charge is 0.458 e. The summed E-state index contributed by atoms with van der Waals surface area (Å²) >= 11 is 0. The first-order valence-corrected chi connectivity index (χ1v) is 10.7. The molecule has 1 fully saturated rings. The molecule has 37 heavy (non-hydrogen) atoms. The van der Waals surface area contributed by atoms with E-state index in [-0.39, 0.29) is 30.1 Å². The van der Waals surface area contributed by atoms with Crippen LogP contribution in [0.3, 0.4) is 0 Å². The topological polar surface area (TPSA) is 164 Å². The molecule has 0 saturated carbocycles. The third kappa shape index (κ3) is 5.50. The van der Waals surface area contributed by atoms with Crippen molar-refractivity contribution in [2.45, 2.75) is 70.9 Å². The van der Waals surface area contributed by atoms with Crippen LogP contribution in [0.2, 0.25) is 0 Å². The molecule has 1 aliphatic heterocycles. The first kappa shape index (κ1) is 27.5. The Labute approximate surface area is 205 Å². The first-order chi connectivity index (χ1) is 17.1. The van der Waals surface area contributed by atoms with Crippen LogP contribution in [0, 0.1) is 12.3 Å². The van der Waals surface area contributed by atoms with E-state index in [4.69, 9.17) is 15.9 Å². The second kappa shape index (κ2) is 9.73. The van der Waals surface area contributed by atoms with Gasteiger partial charge in [-0.2, -0.15) is 18.2 Å². The third-order valence-corrected chi connectivity index (χ3v) is 5.36. The number of aromatic nitrogens is 4. The molecule has 2 N–H and O–H groups in total. The van der Waals surface area contributed by atoms with Crippen molar-refractivity contribution < 1.29 is 41.8 Å². The number of amides is 1. The molecule has 1 saturated heterocycles. The summed E-state index contributed by atoms with van der Waals surface area (Å²) in [6.45, 7) is 4.12. The lowest BCUT2D eigenvalue weighted by atomic mass is 9.98. The molecule has 0 aliphatic carbocycles. The number of terminal acetylenes is 1. The number of anilines is 1. The van der Waals surface area contributed by atoms with Crippen molar-refractivity contribution in [2.24, 2.45) is 0 Å². The molecule has 3 atom stereocenters. The Morgan fingerprint density at radius 3 is 2.46 bits per heavy atom. The first-order valence-electron chi connectivity index (χ1n) is 10.7.